The lowest BCUT2D eigenvalue weighted by molar-refractivity contribution is 0.394. The quantitative estimate of drug-likeness (QED) is 0.684. The summed E-state index contributed by atoms with van der Waals surface area (Å²) in [5, 5.41) is 0.464. The molecular weight excluding hydrogens is 211 g/mol. The Kier molecular flexibility index (Phi) is 4.15. The van der Waals surface area contributed by atoms with Crippen LogP contribution in [0.15, 0.2) is 18.2 Å². The molecule has 15 heavy (non-hydrogen) atoms. The van der Waals surface area contributed by atoms with Crippen molar-refractivity contribution >= 4 is 11.6 Å². The number of hydrogen-bond acceptors (Lipinski definition) is 0. The molecule has 0 saturated carbocycles. The van der Waals surface area contributed by atoms with Crippen molar-refractivity contribution in [3.05, 3.63) is 34.6 Å². The fraction of sp³-hybridized carbons (Fsp3) is 0.538. The molecule has 0 aromatic heterocycles. The van der Waals surface area contributed by atoms with Crippen LogP contribution in [-0.2, 0) is 5.41 Å². The smallest absolute Gasteiger partial charge is 0.128 e. The van der Waals surface area contributed by atoms with Crippen molar-refractivity contribution < 1.29 is 4.39 Å². The Bertz CT molecular complexity index is 335. The zero-order valence-electron chi connectivity index (χ0n) is 9.61. The molecule has 0 aliphatic heterocycles. The van der Waals surface area contributed by atoms with Gasteiger partial charge in [0.25, 0.3) is 0 Å². The zero-order chi connectivity index (χ0) is 11.5. The highest BCUT2D eigenvalue weighted by Crippen LogP contribution is 2.34. The Morgan fingerprint density at radius 1 is 1.33 bits per heavy atom. The third-order valence-corrected chi connectivity index (χ3v) is 3.40. The second-order valence-electron chi connectivity index (χ2n) is 4.29. The van der Waals surface area contributed by atoms with Gasteiger partial charge in [-0.05, 0) is 36.0 Å². The maximum Gasteiger partial charge on any atom is 0.128 e. The van der Waals surface area contributed by atoms with Gasteiger partial charge in [0.1, 0.15) is 5.82 Å². The van der Waals surface area contributed by atoms with Gasteiger partial charge in [0.2, 0.25) is 0 Å². The van der Waals surface area contributed by atoms with E-state index in [-0.39, 0.29) is 11.2 Å². The molecular formula is C13H18ClF. The Hall–Kier alpha value is -0.560. The van der Waals surface area contributed by atoms with Crippen LogP contribution in [-0.4, -0.2) is 0 Å². The fourth-order valence-electron chi connectivity index (χ4n) is 2.03. The summed E-state index contributed by atoms with van der Waals surface area (Å²) in [6, 6.07) is 4.99. The maximum atomic E-state index is 13.8. The minimum Gasteiger partial charge on any atom is -0.207 e. The second kappa shape index (κ2) is 4.98. The van der Waals surface area contributed by atoms with Crippen molar-refractivity contribution in [1.82, 2.24) is 0 Å². The summed E-state index contributed by atoms with van der Waals surface area (Å²) in [7, 11) is 0. The van der Waals surface area contributed by atoms with Gasteiger partial charge in [0.05, 0.1) is 0 Å². The minimum atomic E-state index is -0.180. The van der Waals surface area contributed by atoms with Crippen LogP contribution in [0, 0.1) is 5.82 Å². The van der Waals surface area contributed by atoms with Crippen LogP contribution in [0.3, 0.4) is 0 Å². The molecule has 0 saturated heterocycles. The molecule has 0 fully saturated rings. The molecule has 1 rings (SSSR count). The predicted octanol–water partition coefficient (Wildman–Crippen LogP) is 4.95. The molecule has 0 N–H and O–H groups in total. The van der Waals surface area contributed by atoms with Gasteiger partial charge in [0, 0.05) is 5.02 Å². The number of halogens is 2. The minimum absolute atomic E-state index is 0.0660. The van der Waals surface area contributed by atoms with E-state index in [4.69, 9.17) is 11.6 Å². The van der Waals surface area contributed by atoms with Crippen LogP contribution in [0.25, 0.3) is 0 Å². The van der Waals surface area contributed by atoms with Crippen LogP contribution in [0.2, 0.25) is 5.02 Å². The number of benzene rings is 1. The highest BCUT2D eigenvalue weighted by molar-refractivity contribution is 6.30. The van der Waals surface area contributed by atoms with Gasteiger partial charge in [-0.1, -0.05) is 44.9 Å². The Balaban J connectivity index is 3.12. The second-order valence-corrected chi connectivity index (χ2v) is 4.72. The highest BCUT2D eigenvalue weighted by Gasteiger charge is 2.26. The fourth-order valence-corrected chi connectivity index (χ4v) is 2.19. The van der Waals surface area contributed by atoms with Crippen molar-refractivity contribution in [2.24, 2.45) is 0 Å². The van der Waals surface area contributed by atoms with Gasteiger partial charge in [-0.15, -0.1) is 0 Å². The molecule has 1 unspecified atom stereocenters. The zero-order valence-corrected chi connectivity index (χ0v) is 10.4. The summed E-state index contributed by atoms with van der Waals surface area (Å²) in [6.45, 7) is 6.34. The van der Waals surface area contributed by atoms with Crippen LogP contribution in [0.1, 0.15) is 45.6 Å². The molecule has 0 radical (unpaired) electrons. The summed E-state index contributed by atoms with van der Waals surface area (Å²) in [5.74, 6) is -0.180. The molecule has 0 nitrogen and oxygen atoms in total. The standard InChI is InChI=1S/C13H18ClF/c1-4-8-13(3,5-2)11-7-6-10(14)9-12(11)15/h6-7,9H,4-5,8H2,1-3H3. The molecule has 0 aliphatic carbocycles. The molecule has 1 aromatic rings. The van der Waals surface area contributed by atoms with Gasteiger partial charge in [-0.25, -0.2) is 4.39 Å². The Morgan fingerprint density at radius 3 is 2.47 bits per heavy atom. The molecule has 0 amide bonds. The van der Waals surface area contributed by atoms with Crippen molar-refractivity contribution in [3.63, 3.8) is 0 Å². The van der Waals surface area contributed by atoms with Crippen LogP contribution in [0.5, 0.6) is 0 Å². The third kappa shape index (κ3) is 2.72. The van der Waals surface area contributed by atoms with E-state index in [1.165, 1.54) is 6.07 Å². The van der Waals surface area contributed by atoms with E-state index in [9.17, 15) is 4.39 Å². The van der Waals surface area contributed by atoms with E-state index in [2.05, 4.69) is 20.8 Å². The molecule has 1 aromatic carbocycles. The van der Waals surface area contributed by atoms with E-state index < -0.39 is 0 Å². The summed E-state index contributed by atoms with van der Waals surface area (Å²) in [6.07, 6.45) is 3.01. The first-order valence-electron chi connectivity index (χ1n) is 5.49. The van der Waals surface area contributed by atoms with Gasteiger partial charge in [0.15, 0.2) is 0 Å². The molecule has 0 bridgehead atoms. The van der Waals surface area contributed by atoms with Gasteiger partial charge in [-0.3, -0.25) is 0 Å². The van der Waals surface area contributed by atoms with E-state index >= 15 is 0 Å². The van der Waals surface area contributed by atoms with Gasteiger partial charge >= 0.3 is 0 Å². The van der Waals surface area contributed by atoms with Crippen LogP contribution < -0.4 is 0 Å². The largest absolute Gasteiger partial charge is 0.207 e. The van der Waals surface area contributed by atoms with E-state index in [1.807, 2.05) is 6.07 Å². The van der Waals surface area contributed by atoms with Crippen LogP contribution >= 0.6 is 11.6 Å². The Morgan fingerprint density at radius 2 is 2.00 bits per heavy atom. The number of hydrogen-bond donors (Lipinski definition) is 0. The molecule has 0 spiro atoms. The summed E-state index contributed by atoms with van der Waals surface area (Å²) in [5.41, 5.74) is 0.722. The summed E-state index contributed by atoms with van der Waals surface area (Å²) >= 11 is 5.75. The topological polar surface area (TPSA) is 0 Å². The molecule has 0 heterocycles. The lowest BCUT2D eigenvalue weighted by Gasteiger charge is -2.29. The summed E-state index contributed by atoms with van der Waals surface area (Å²) in [4.78, 5) is 0. The monoisotopic (exact) mass is 228 g/mol. The normalized spacial score (nSPS) is 15.0. The summed E-state index contributed by atoms with van der Waals surface area (Å²) < 4.78 is 13.8. The third-order valence-electron chi connectivity index (χ3n) is 3.16. The first-order valence-corrected chi connectivity index (χ1v) is 5.87. The van der Waals surface area contributed by atoms with Crippen molar-refractivity contribution in [2.75, 3.05) is 0 Å². The van der Waals surface area contributed by atoms with Crippen molar-refractivity contribution in [3.8, 4) is 0 Å². The first-order chi connectivity index (χ1) is 7.03. The molecule has 2 heteroatoms. The first kappa shape index (κ1) is 12.5. The average Bonchev–Trinajstić information content (AvgIpc) is 2.17. The van der Waals surface area contributed by atoms with E-state index in [1.54, 1.807) is 6.07 Å². The average molecular weight is 229 g/mol. The van der Waals surface area contributed by atoms with Gasteiger partial charge in [-0.2, -0.15) is 0 Å². The van der Waals surface area contributed by atoms with E-state index in [0.717, 1.165) is 24.8 Å². The Labute approximate surface area is 96.5 Å². The van der Waals surface area contributed by atoms with Gasteiger partial charge < -0.3 is 0 Å². The number of rotatable bonds is 4. The lowest BCUT2D eigenvalue weighted by Crippen LogP contribution is -2.22. The highest BCUT2D eigenvalue weighted by atomic mass is 35.5. The van der Waals surface area contributed by atoms with Crippen LogP contribution in [0.4, 0.5) is 4.39 Å². The van der Waals surface area contributed by atoms with Crippen molar-refractivity contribution in [2.45, 2.75) is 45.4 Å². The van der Waals surface area contributed by atoms with Crippen molar-refractivity contribution in [1.29, 1.82) is 0 Å². The SMILES string of the molecule is CCCC(C)(CC)c1ccc(Cl)cc1F. The van der Waals surface area contributed by atoms with E-state index in [0.29, 0.717) is 5.02 Å². The lowest BCUT2D eigenvalue weighted by atomic mass is 9.76. The predicted molar refractivity (Wildman–Crippen MR) is 64.0 cm³/mol. The molecule has 84 valence electrons. The molecule has 1 atom stereocenters. The maximum absolute atomic E-state index is 13.8. The molecule has 0 aliphatic rings.